The molecule has 124 valence electrons. The van der Waals surface area contributed by atoms with Gasteiger partial charge in [0, 0.05) is 6.07 Å². The van der Waals surface area contributed by atoms with Crippen LogP contribution >= 0.6 is 11.8 Å². The van der Waals surface area contributed by atoms with Crippen LogP contribution in [0.4, 0.5) is 14.5 Å². The van der Waals surface area contributed by atoms with Gasteiger partial charge >= 0.3 is 0 Å². The summed E-state index contributed by atoms with van der Waals surface area (Å²) in [7, 11) is 0. The molecule has 0 bridgehead atoms. The van der Waals surface area contributed by atoms with Crippen molar-refractivity contribution in [3.63, 3.8) is 0 Å². The zero-order valence-electron chi connectivity index (χ0n) is 12.3. The minimum absolute atomic E-state index is 0.156. The molecule has 24 heavy (non-hydrogen) atoms. The van der Waals surface area contributed by atoms with Crippen LogP contribution < -0.4 is 5.32 Å². The van der Waals surface area contributed by atoms with E-state index < -0.39 is 22.8 Å². The molecule has 1 N–H and O–H groups in total. The number of carbonyl (C=O) groups excluding carboxylic acids is 1. The largest absolute Gasteiger partial charge is 0.459 e. The standard InChI is InChI=1S/C15H11F2N3O3S/c1-8(13(21)18-11-7-9(16)4-5-10(11)17)24-15-20-19-14(23-15)12-3-2-6-22-12/h2-8H,1H3,(H,18,21)/t8-/m1/s1. The van der Waals surface area contributed by atoms with Crippen LogP contribution in [-0.2, 0) is 4.79 Å². The first-order valence-corrected chi connectivity index (χ1v) is 7.71. The number of hydrogen-bond donors (Lipinski definition) is 1. The van der Waals surface area contributed by atoms with Crippen molar-refractivity contribution in [3.8, 4) is 11.7 Å². The predicted molar refractivity (Wildman–Crippen MR) is 82.3 cm³/mol. The highest BCUT2D eigenvalue weighted by atomic mass is 32.2. The predicted octanol–water partition coefficient (Wildman–Crippen LogP) is 3.73. The third-order valence-corrected chi connectivity index (χ3v) is 3.91. The first kappa shape index (κ1) is 16.2. The minimum atomic E-state index is -0.722. The number of nitrogens with one attached hydrogen (secondary N) is 1. The monoisotopic (exact) mass is 351 g/mol. The van der Waals surface area contributed by atoms with Crippen molar-refractivity contribution in [2.75, 3.05) is 5.32 Å². The molecule has 2 heterocycles. The van der Waals surface area contributed by atoms with Crippen molar-refractivity contribution in [1.29, 1.82) is 0 Å². The van der Waals surface area contributed by atoms with Crippen LogP contribution in [0.2, 0.25) is 0 Å². The molecule has 0 spiro atoms. The lowest BCUT2D eigenvalue weighted by atomic mass is 10.3. The molecule has 1 aromatic carbocycles. The SMILES string of the molecule is C[C@@H](Sc1nnc(-c2ccco2)o1)C(=O)Nc1cc(F)ccc1F. The number of thioether (sulfide) groups is 1. The summed E-state index contributed by atoms with van der Waals surface area (Å²) in [6.07, 6.45) is 1.47. The number of furan rings is 1. The minimum Gasteiger partial charge on any atom is -0.459 e. The molecule has 0 aliphatic carbocycles. The van der Waals surface area contributed by atoms with E-state index in [0.29, 0.717) is 5.76 Å². The Hall–Kier alpha value is -2.68. The fourth-order valence-corrected chi connectivity index (χ4v) is 2.47. The lowest BCUT2D eigenvalue weighted by Crippen LogP contribution is -2.23. The second-order valence-corrected chi connectivity index (χ2v) is 6.02. The highest BCUT2D eigenvalue weighted by molar-refractivity contribution is 8.00. The molecule has 1 atom stereocenters. The second-order valence-electron chi connectivity index (χ2n) is 4.72. The number of benzene rings is 1. The van der Waals surface area contributed by atoms with Crippen molar-refractivity contribution in [2.45, 2.75) is 17.4 Å². The van der Waals surface area contributed by atoms with Gasteiger partial charge in [0.2, 0.25) is 5.91 Å². The third kappa shape index (κ3) is 3.62. The lowest BCUT2D eigenvalue weighted by molar-refractivity contribution is -0.115. The molecule has 3 aromatic rings. The Bertz CT molecular complexity index is 852. The van der Waals surface area contributed by atoms with E-state index in [0.717, 1.165) is 30.0 Å². The first-order valence-electron chi connectivity index (χ1n) is 6.83. The van der Waals surface area contributed by atoms with E-state index in [-0.39, 0.29) is 16.8 Å². The van der Waals surface area contributed by atoms with Gasteiger partial charge in [0.15, 0.2) is 5.76 Å². The second kappa shape index (κ2) is 6.83. The fraction of sp³-hybridized carbons (Fsp3) is 0.133. The van der Waals surface area contributed by atoms with E-state index in [4.69, 9.17) is 8.83 Å². The Morgan fingerprint density at radius 1 is 1.29 bits per heavy atom. The summed E-state index contributed by atoms with van der Waals surface area (Å²) in [6.45, 7) is 1.58. The smallest absolute Gasteiger partial charge is 0.284 e. The summed E-state index contributed by atoms with van der Waals surface area (Å²) in [5.41, 5.74) is -0.228. The first-order chi connectivity index (χ1) is 11.5. The van der Waals surface area contributed by atoms with Crippen LogP contribution in [0.3, 0.4) is 0 Å². The Balaban J connectivity index is 1.65. The summed E-state index contributed by atoms with van der Waals surface area (Å²) in [6, 6.07) is 6.15. The van der Waals surface area contributed by atoms with Crippen molar-refractivity contribution < 1.29 is 22.4 Å². The third-order valence-electron chi connectivity index (χ3n) is 2.97. The molecule has 3 rings (SSSR count). The maximum absolute atomic E-state index is 13.5. The summed E-state index contributed by atoms with van der Waals surface area (Å²) >= 11 is 0.989. The molecular weight excluding hydrogens is 340 g/mol. The average Bonchev–Trinajstić information content (AvgIpc) is 3.21. The Morgan fingerprint density at radius 2 is 2.12 bits per heavy atom. The summed E-state index contributed by atoms with van der Waals surface area (Å²) in [5, 5.41) is 9.42. The Kier molecular flexibility index (Phi) is 4.61. The number of amides is 1. The van der Waals surface area contributed by atoms with Crippen molar-refractivity contribution >= 4 is 23.4 Å². The van der Waals surface area contributed by atoms with E-state index >= 15 is 0 Å². The van der Waals surface area contributed by atoms with Gasteiger partial charge in [-0.05, 0) is 31.2 Å². The molecule has 6 nitrogen and oxygen atoms in total. The lowest BCUT2D eigenvalue weighted by Gasteiger charge is -2.10. The zero-order valence-corrected chi connectivity index (χ0v) is 13.1. The maximum atomic E-state index is 13.5. The van der Waals surface area contributed by atoms with E-state index in [9.17, 15) is 13.6 Å². The molecule has 0 aliphatic heterocycles. The van der Waals surface area contributed by atoms with Gasteiger partial charge in [0.1, 0.15) is 11.6 Å². The quantitative estimate of drug-likeness (QED) is 0.706. The average molecular weight is 351 g/mol. The Morgan fingerprint density at radius 3 is 2.88 bits per heavy atom. The van der Waals surface area contributed by atoms with Crippen molar-refractivity contribution in [2.24, 2.45) is 0 Å². The maximum Gasteiger partial charge on any atom is 0.284 e. The van der Waals surface area contributed by atoms with Crippen LogP contribution in [0.25, 0.3) is 11.7 Å². The molecule has 0 saturated carbocycles. The van der Waals surface area contributed by atoms with Crippen LogP contribution in [-0.4, -0.2) is 21.4 Å². The molecule has 1 amide bonds. The van der Waals surface area contributed by atoms with Gasteiger partial charge < -0.3 is 14.2 Å². The normalized spacial score (nSPS) is 12.1. The number of anilines is 1. The molecule has 9 heteroatoms. The van der Waals surface area contributed by atoms with Gasteiger partial charge in [0.05, 0.1) is 17.2 Å². The zero-order chi connectivity index (χ0) is 17.1. The van der Waals surface area contributed by atoms with E-state index in [1.807, 2.05) is 0 Å². The molecule has 2 aromatic heterocycles. The van der Waals surface area contributed by atoms with Gasteiger partial charge in [0.25, 0.3) is 11.1 Å². The van der Waals surface area contributed by atoms with Crippen molar-refractivity contribution in [1.82, 2.24) is 10.2 Å². The van der Waals surface area contributed by atoms with Crippen LogP contribution in [0.1, 0.15) is 6.92 Å². The molecular formula is C15H11F2N3O3S. The van der Waals surface area contributed by atoms with Crippen LogP contribution in [0.5, 0.6) is 0 Å². The van der Waals surface area contributed by atoms with Gasteiger partial charge in [-0.3, -0.25) is 4.79 Å². The van der Waals surface area contributed by atoms with Gasteiger partial charge in [-0.25, -0.2) is 8.78 Å². The number of halogens is 2. The Labute approximate surface area is 139 Å². The number of hydrogen-bond acceptors (Lipinski definition) is 6. The van der Waals surface area contributed by atoms with Gasteiger partial charge in [-0.15, -0.1) is 10.2 Å². The number of nitrogens with zero attached hydrogens (tertiary/aromatic N) is 2. The number of aromatic nitrogens is 2. The van der Waals surface area contributed by atoms with E-state index in [1.54, 1.807) is 19.1 Å². The molecule has 0 aliphatic rings. The summed E-state index contributed by atoms with van der Waals surface area (Å²) in [4.78, 5) is 12.1. The highest BCUT2D eigenvalue weighted by Crippen LogP contribution is 2.27. The van der Waals surface area contributed by atoms with Crippen molar-refractivity contribution in [3.05, 3.63) is 48.2 Å². The van der Waals surface area contributed by atoms with Crippen LogP contribution in [0, 0.1) is 11.6 Å². The van der Waals surface area contributed by atoms with Gasteiger partial charge in [-0.2, -0.15) is 0 Å². The number of rotatable bonds is 5. The van der Waals surface area contributed by atoms with Gasteiger partial charge in [-0.1, -0.05) is 11.8 Å². The topological polar surface area (TPSA) is 81.2 Å². The summed E-state index contributed by atoms with van der Waals surface area (Å²) in [5.74, 6) is -1.30. The molecule has 0 fully saturated rings. The highest BCUT2D eigenvalue weighted by Gasteiger charge is 2.20. The fourth-order valence-electron chi connectivity index (χ4n) is 1.79. The van der Waals surface area contributed by atoms with Crippen LogP contribution in [0.15, 0.2) is 50.7 Å². The van der Waals surface area contributed by atoms with E-state index in [2.05, 4.69) is 15.5 Å². The molecule has 0 saturated heterocycles. The molecule has 0 radical (unpaired) electrons. The van der Waals surface area contributed by atoms with E-state index in [1.165, 1.54) is 6.26 Å². The molecule has 0 unspecified atom stereocenters. The number of carbonyl (C=O) groups is 1. The summed E-state index contributed by atoms with van der Waals surface area (Å²) < 4.78 is 37.2.